The van der Waals surface area contributed by atoms with Gasteiger partial charge in [0.25, 0.3) is 0 Å². The summed E-state index contributed by atoms with van der Waals surface area (Å²) in [6.07, 6.45) is -0.0607. The van der Waals surface area contributed by atoms with Gasteiger partial charge >= 0.3 is 6.09 Å². The summed E-state index contributed by atoms with van der Waals surface area (Å²) in [7, 11) is 0. The molecule has 184 valence electrons. The van der Waals surface area contributed by atoms with Crippen molar-refractivity contribution < 1.29 is 19.4 Å². The molecule has 2 atom stereocenters. The molecule has 0 bridgehead atoms. The van der Waals surface area contributed by atoms with Crippen LogP contribution in [0.2, 0.25) is 0 Å². The maximum atomic E-state index is 12.4. The normalized spacial score (nSPS) is 17.9. The third-order valence-electron chi connectivity index (χ3n) is 5.83. The Balaban J connectivity index is 1.86. The summed E-state index contributed by atoms with van der Waals surface area (Å²) in [5.41, 5.74) is 4.15. The monoisotopic (exact) mass is 467 g/mol. The van der Waals surface area contributed by atoms with E-state index in [9.17, 15) is 14.7 Å². The van der Waals surface area contributed by atoms with Gasteiger partial charge in [0.2, 0.25) is 5.91 Å². The van der Waals surface area contributed by atoms with E-state index < -0.39 is 11.7 Å². The quantitative estimate of drug-likeness (QED) is 0.556. The van der Waals surface area contributed by atoms with Crippen LogP contribution in [-0.2, 0) is 16.1 Å². The summed E-state index contributed by atoms with van der Waals surface area (Å²) >= 11 is 0. The predicted molar refractivity (Wildman–Crippen MR) is 135 cm³/mol. The molecule has 3 N–H and O–H groups in total. The molecule has 1 aliphatic heterocycles. The van der Waals surface area contributed by atoms with E-state index in [-0.39, 0.29) is 24.1 Å². The topological polar surface area (TPSA) is 90.9 Å². The predicted octanol–water partition coefficient (Wildman–Crippen LogP) is 4.53. The molecule has 0 radical (unpaired) electrons. The summed E-state index contributed by atoms with van der Waals surface area (Å²) in [5.74, 6) is -0.0207. The minimum Gasteiger partial charge on any atom is -0.447 e. The van der Waals surface area contributed by atoms with Gasteiger partial charge < -0.3 is 25.4 Å². The van der Waals surface area contributed by atoms with Gasteiger partial charge in [-0.1, -0.05) is 30.3 Å². The number of aliphatic hydroxyl groups is 1. The molecule has 1 heterocycles. The number of ether oxygens (including phenoxy) is 1. The van der Waals surface area contributed by atoms with Gasteiger partial charge in [0, 0.05) is 31.7 Å². The van der Waals surface area contributed by atoms with Crippen LogP contribution in [0.5, 0.6) is 0 Å². The van der Waals surface area contributed by atoms with Crippen molar-refractivity contribution in [3.63, 3.8) is 0 Å². The Morgan fingerprint density at radius 3 is 2.38 bits per heavy atom. The van der Waals surface area contributed by atoms with E-state index >= 15 is 0 Å². The molecular formula is C27H37N3O4. The average Bonchev–Trinajstić information content (AvgIpc) is 2.72. The molecule has 0 aliphatic carbocycles. The summed E-state index contributed by atoms with van der Waals surface area (Å²) in [6.45, 7) is 11.9. The first kappa shape index (κ1) is 25.7. The first-order valence-corrected chi connectivity index (χ1v) is 11.9. The largest absolute Gasteiger partial charge is 0.447 e. The molecular weight excluding hydrogens is 430 g/mol. The molecule has 2 aromatic rings. The molecule has 0 spiro atoms. The van der Waals surface area contributed by atoms with Crippen LogP contribution in [0.15, 0.2) is 42.5 Å². The number of alkyl carbamates (subject to hydrolysis) is 1. The van der Waals surface area contributed by atoms with E-state index in [2.05, 4.69) is 41.0 Å². The lowest BCUT2D eigenvalue weighted by molar-refractivity contribution is -0.117. The standard InChI is InChI=1S/C27H37N3O4/c1-17(2)34-26(32)29-24-13-18(3)30(19(4)31)25-12-11-22(14-23(24)25)21-9-7-20(8-10-21)15-28-16-27(5,6)33/h7-12,14,17-18,24,28,33H,13,15-16H2,1-6H3,(H,29,32). The van der Waals surface area contributed by atoms with E-state index in [0.717, 1.165) is 27.9 Å². The minimum atomic E-state index is -0.750. The van der Waals surface area contributed by atoms with Crippen molar-refractivity contribution in [2.45, 2.75) is 78.3 Å². The Morgan fingerprint density at radius 2 is 1.79 bits per heavy atom. The number of fused-ring (bicyclic) bond motifs is 1. The first-order chi connectivity index (χ1) is 15.9. The second-order valence-corrected chi connectivity index (χ2v) is 10.0. The number of anilines is 1. The van der Waals surface area contributed by atoms with Gasteiger partial charge in [-0.25, -0.2) is 4.79 Å². The van der Waals surface area contributed by atoms with Crippen LogP contribution < -0.4 is 15.5 Å². The molecule has 2 aromatic carbocycles. The lowest BCUT2D eigenvalue weighted by atomic mass is 9.89. The van der Waals surface area contributed by atoms with Gasteiger partial charge in [-0.15, -0.1) is 0 Å². The zero-order valence-electron chi connectivity index (χ0n) is 21.0. The maximum absolute atomic E-state index is 12.4. The molecule has 34 heavy (non-hydrogen) atoms. The van der Waals surface area contributed by atoms with E-state index in [1.54, 1.807) is 25.7 Å². The van der Waals surface area contributed by atoms with Gasteiger partial charge in [0.05, 0.1) is 17.7 Å². The summed E-state index contributed by atoms with van der Waals surface area (Å²) in [6, 6.07) is 14.0. The number of rotatable bonds is 7. The molecule has 7 heteroatoms. The van der Waals surface area contributed by atoms with Crippen molar-refractivity contribution in [1.29, 1.82) is 0 Å². The Hall–Kier alpha value is -2.90. The number of carbonyl (C=O) groups excluding carboxylic acids is 2. The zero-order chi connectivity index (χ0) is 25.0. The van der Waals surface area contributed by atoms with Crippen LogP contribution in [0, 0.1) is 0 Å². The summed E-state index contributed by atoms with van der Waals surface area (Å²) < 4.78 is 5.31. The Bertz CT molecular complexity index is 1010. The second-order valence-electron chi connectivity index (χ2n) is 10.0. The Labute approximate surface area is 202 Å². The third-order valence-corrected chi connectivity index (χ3v) is 5.83. The van der Waals surface area contributed by atoms with Crippen LogP contribution in [0.4, 0.5) is 10.5 Å². The van der Waals surface area contributed by atoms with Crippen molar-refractivity contribution in [2.75, 3.05) is 11.4 Å². The molecule has 0 fully saturated rings. The number of nitrogens with zero attached hydrogens (tertiary/aromatic N) is 1. The van der Waals surface area contributed by atoms with Crippen molar-refractivity contribution in [1.82, 2.24) is 10.6 Å². The zero-order valence-corrected chi connectivity index (χ0v) is 21.0. The lowest BCUT2D eigenvalue weighted by Crippen LogP contribution is -2.45. The van der Waals surface area contributed by atoms with Crippen molar-refractivity contribution >= 4 is 17.7 Å². The Morgan fingerprint density at radius 1 is 1.15 bits per heavy atom. The molecule has 0 aromatic heterocycles. The fourth-order valence-electron chi connectivity index (χ4n) is 4.38. The molecule has 0 saturated heterocycles. The van der Waals surface area contributed by atoms with Gasteiger partial charge in [0.1, 0.15) is 0 Å². The fraction of sp³-hybridized carbons (Fsp3) is 0.481. The molecule has 7 nitrogen and oxygen atoms in total. The number of carbonyl (C=O) groups is 2. The molecule has 2 amide bonds. The molecule has 2 unspecified atom stereocenters. The summed E-state index contributed by atoms with van der Waals surface area (Å²) in [4.78, 5) is 26.5. The Kier molecular flexibility index (Phi) is 8.00. The highest BCUT2D eigenvalue weighted by Gasteiger charge is 2.33. The van der Waals surface area contributed by atoms with Crippen LogP contribution in [0.3, 0.4) is 0 Å². The second kappa shape index (κ2) is 10.6. The van der Waals surface area contributed by atoms with Crippen LogP contribution in [0.25, 0.3) is 11.1 Å². The molecule has 0 saturated carbocycles. The molecule has 3 rings (SSSR count). The first-order valence-electron chi connectivity index (χ1n) is 11.9. The number of amides is 2. The van der Waals surface area contributed by atoms with Crippen molar-refractivity contribution in [2.24, 2.45) is 0 Å². The van der Waals surface area contributed by atoms with E-state index in [1.165, 1.54) is 0 Å². The number of hydrogen-bond donors (Lipinski definition) is 3. The molecule has 1 aliphatic rings. The highest BCUT2D eigenvalue weighted by Crippen LogP contribution is 2.39. The highest BCUT2D eigenvalue weighted by atomic mass is 16.6. The van der Waals surface area contributed by atoms with Crippen LogP contribution in [-0.4, -0.2) is 41.4 Å². The van der Waals surface area contributed by atoms with Gasteiger partial charge in [-0.05, 0) is 75.4 Å². The maximum Gasteiger partial charge on any atom is 0.407 e. The number of benzene rings is 2. The SMILES string of the molecule is CC(=O)N1c2ccc(-c3ccc(CNCC(C)(C)O)cc3)cc2C(NC(=O)OC(C)C)CC1C. The van der Waals surface area contributed by atoms with Gasteiger partial charge in [-0.2, -0.15) is 0 Å². The average molecular weight is 468 g/mol. The number of hydrogen-bond acceptors (Lipinski definition) is 5. The fourth-order valence-corrected chi connectivity index (χ4v) is 4.38. The smallest absolute Gasteiger partial charge is 0.407 e. The summed E-state index contributed by atoms with van der Waals surface area (Å²) in [5, 5.41) is 16.1. The lowest BCUT2D eigenvalue weighted by Gasteiger charge is -2.39. The minimum absolute atomic E-state index is 0.0207. The van der Waals surface area contributed by atoms with E-state index in [1.807, 2.05) is 32.9 Å². The van der Waals surface area contributed by atoms with E-state index in [4.69, 9.17) is 4.74 Å². The van der Waals surface area contributed by atoms with Gasteiger partial charge in [-0.3, -0.25) is 4.79 Å². The third kappa shape index (κ3) is 6.58. The van der Waals surface area contributed by atoms with Crippen molar-refractivity contribution in [3.8, 4) is 11.1 Å². The van der Waals surface area contributed by atoms with Crippen molar-refractivity contribution in [3.05, 3.63) is 53.6 Å². The van der Waals surface area contributed by atoms with E-state index in [0.29, 0.717) is 19.5 Å². The van der Waals surface area contributed by atoms with Crippen LogP contribution in [0.1, 0.15) is 65.1 Å². The van der Waals surface area contributed by atoms with Gasteiger partial charge in [0.15, 0.2) is 0 Å². The highest BCUT2D eigenvalue weighted by molar-refractivity contribution is 5.94. The van der Waals surface area contributed by atoms with Crippen LogP contribution >= 0.6 is 0 Å². The number of nitrogens with one attached hydrogen (secondary N) is 2.